The number of benzene rings is 1. The number of nitrogens with one attached hydrogen (secondary N) is 2. The van der Waals surface area contributed by atoms with Crippen molar-refractivity contribution >= 4 is 27.3 Å². The molecule has 0 amide bonds. The maximum absolute atomic E-state index is 11.7. The maximum atomic E-state index is 11.7. The molecule has 0 saturated carbocycles. The number of sulfonamides is 1. The van der Waals surface area contributed by atoms with Gasteiger partial charge in [-0.05, 0) is 31.5 Å². The SMILES string of the molecule is Cc1cc2c(cc1Cl)S(=O)(=O)NC(C)N2. The van der Waals surface area contributed by atoms with Gasteiger partial charge in [-0.25, -0.2) is 8.42 Å². The summed E-state index contributed by atoms with van der Waals surface area (Å²) in [4.78, 5) is 0.205. The predicted molar refractivity (Wildman–Crippen MR) is 59.6 cm³/mol. The van der Waals surface area contributed by atoms with Crippen molar-refractivity contribution in [2.24, 2.45) is 0 Å². The Morgan fingerprint density at radius 2 is 2.07 bits per heavy atom. The molecule has 1 heterocycles. The Balaban J connectivity index is 2.68. The molecule has 15 heavy (non-hydrogen) atoms. The molecule has 82 valence electrons. The maximum Gasteiger partial charge on any atom is 0.244 e. The smallest absolute Gasteiger partial charge is 0.244 e. The Morgan fingerprint density at radius 3 is 2.73 bits per heavy atom. The zero-order chi connectivity index (χ0) is 11.2. The quantitative estimate of drug-likeness (QED) is 0.733. The van der Waals surface area contributed by atoms with E-state index < -0.39 is 10.0 Å². The van der Waals surface area contributed by atoms with Gasteiger partial charge in [0.15, 0.2) is 0 Å². The van der Waals surface area contributed by atoms with Crippen LogP contribution in [-0.4, -0.2) is 14.6 Å². The van der Waals surface area contributed by atoms with Crippen LogP contribution in [0.25, 0.3) is 0 Å². The minimum absolute atomic E-state index is 0.205. The molecule has 0 bridgehead atoms. The van der Waals surface area contributed by atoms with Crippen molar-refractivity contribution in [2.45, 2.75) is 24.9 Å². The normalized spacial score (nSPS) is 23.0. The summed E-state index contributed by atoms with van der Waals surface area (Å²) >= 11 is 5.89. The summed E-state index contributed by atoms with van der Waals surface area (Å²) in [6.45, 7) is 3.58. The zero-order valence-corrected chi connectivity index (χ0v) is 9.91. The summed E-state index contributed by atoms with van der Waals surface area (Å²) in [7, 11) is -3.43. The van der Waals surface area contributed by atoms with Crippen LogP contribution in [0.15, 0.2) is 17.0 Å². The molecule has 0 saturated heterocycles. The standard InChI is InChI=1S/C9H11ClN2O2S/c1-5-3-8-9(4-7(5)10)15(13,14)12-6(2)11-8/h3-4,6,11-12H,1-2H3. The van der Waals surface area contributed by atoms with Gasteiger partial charge in [-0.3, -0.25) is 0 Å². The van der Waals surface area contributed by atoms with Crippen molar-refractivity contribution in [3.63, 3.8) is 0 Å². The first-order valence-corrected chi connectivity index (χ1v) is 6.35. The van der Waals surface area contributed by atoms with Crippen molar-refractivity contribution in [1.29, 1.82) is 0 Å². The number of fused-ring (bicyclic) bond motifs is 1. The fourth-order valence-electron chi connectivity index (χ4n) is 1.56. The van der Waals surface area contributed by atoms with E-state index in [-0.39, 0.29) is 11.1 Å². The van der Waals surface area contributed by atoms with Gasteiger partial charge in [0.2, 0.25) is 10.0 Å². The van der Waals surface area contributed by atoms with Gasteiger partial charge in [-0.15, -0.1) is 0 Å². The van der Waals surface area contributed by atoms with Gasteiger partial charge in [0.1, 0.15) is 4.90 Å². The van der Waals surface area contributed by atoms with E-state index in [0.717, 1.165) is 5.56 Å². The van der Waals surface area contributed by atoms with Crippen LogP contribution >= 0.6 is 11.6 Å². The summed E-state index contributed by atoms with van der Waals surface area (Å²) in [5.74, 6) is 0. The molecular weight excluding hydrogens is 236 g/mol. The van der Waals surface area contributed by atoms with Gasteiger partial charge in [-0.2, -0.15) is 4.72 Å². The van der Waals surface area contributed by atoms with Crippen LogP contribution in [0.3, 0.4) is 0 Å². The molecule has 1 atom stereocenters. The Morgan fingerprint density at radius 1 is 1.40 bits per heavy atom. The first-order chi connectivity index (χ1) is 6.90. The molecule has 6 heteroatoms. The Labute approximate surface area is 93.7 Å². The topological polar surface area (TPSA) is 58.2 Å². The second-order valence-electron chi connectivity index (χ2n) is 3.58. The first kappa shape index (κ1) is 10.7. The second kappa shape index (κ2) is 3.37. The molecule has 1 aromatic rings. The predicted octanol–water partition coefficient (Wildman–Crippen LogP) is 1.70. The molecule has 1 aliphatic heterocycles. The van der Waals surface area contributed by atoms with E-state index in [4.69, 9.17) is 11.6 Å². The molecule has 0 aromatic heterocycles. The van der Waals surface area contributed by atoms with Gasteiger partial charge in [-0.1, -0.05) is 11.6 Å². The second-order valence-corrected chi connectivity index (χ2v) is 5.67. The molecule has 2 rings (SSSR count). The van der Waals surface area contributed by atoms with E-state index >= 15 is 0 Å². The molecule has 4 nitrogen and oxygen atoms in total. The van der Waals surface area contributed by atoms with E-state index in [9.17, 15) is 8.42 Å². The van der Waals surface area contributed by atoms with Crippen LogP contribution in [0.4, 0.5) is 5.69 Å². The van der Waals surface area contributed by atoms with Gasteiger partial charge in [0.25, 0.3) is 0 Å². The lowest BCUT2D eigenvalue weighted by Gasteiger charge is -2.25. The molecular formula is C9H11ClN2O2S. The average Bonchev–Trinajstić information content (AvgIpc) is 2.07. The van der Waals surface area contributed by atoms with E-state index in [1.807, 2.05) is 6.92 Å². The summed E-state index contributed by atoms with van der Waals surface area (Å²) in [5.41, 5.74) is 1.45. The Hall–Kier alpha value is -0.780. The summed E-state index contributed by atoms with van der Waals surface area (Å²) in [6.07, 6.45) is -0.303. The molecule has 0 radical (unpaired) electrons. The molecule has 0 fully saturated rings. The van der Waals surface area contributed by atoms with Crippen LogP contribution in [0.2, 0.25) is 5.02 Å². The zero-order valence-electron chi connectivity index (χ0n) is 8.33. The third-order valence-corrected chi connectivity index (χ3v) is 4.24. The van der Waals surface area contributed by atoms with Crippen molar-refractivity contribution in [1.82, 2.24) is 4.72 Å². The number of halogens is 1. The summed E-state index contributed by atoms with van der Waals surface area (Å²) < 4.78 is 25.9. The van der Waals surface area contributed by atoms with Crippen LogP contribution in [-0.2, 0) is 10.0 Å². The van der Waals surface area contributed by atoms with Crippen LogP contribution in [0.1, 0.15) is 12.5 Å². The Bertz CT molecular complexity index is 513. The number of anilines is 1. The third kappa shape index (κ3) is 1.82. The minimum atomic E-state index is -3.43. The first-order valence-electron chi connectivity index (χ1n) is 4.49. The highest BCUT2D eigenvalue weighted by Gasteiger charge is 2.27. The molecule has 1 aromatic carbocycles. The molecule has 2 N–H and O–H groups in total. The van der Waals surface area contributed by atoms with E-state index in [1.165, 1.54) is 6.07 Å². The number of hydrogen-bond donors (Lipinski definition) is 2. The van der Waals surface area contributed by atoms with Gasteiger partial charge in [0.05, 0.1) is 11.9 Å². The van der Waals surface area contributed by atoms with Gasteiger partial charge < -0.3 is 5.32 Å². The number of aryl methyl sites for hydroxylation is 1. The Kier molecular flexibility index (Phi) is 2.41. The van der Waals surface area contributed by atoms with Crippen molar-refractivity contribution in [3.8, 4) is 0 Å². The largest absolute Gasteiger partial charge is 0.368 e. The molecule has 0 spiro atoms. The van der Waals surface area contributed by atoms with E-state index in [0.29, 0.717) is 10.7 Å². The van der Waals surface area contributed by atoms with Crippen molar-refractivity contribution < 1.29 is 8.42 Å². The fraction of sp³-hybridized carbons (Fsp3) is 0.333. The highest BCUT2D eigenvalue weighted by Crippen LogP contribution is 2.31. The average molecular weight is 247 g/mol. The lowest BCUT2D eigenvalue weighted by atomic mass is 10.2. The number of rotatable bonds is 0. The van der Waals surface area contributed by atoms with Crippen molar-refractivity contribution in [2.75, 3.05) is 5.32 Å². The van der Waals surface area contributed by atoms with Crippen LogP contribution in [0, 0.1) is 6.92 Å². The van der Waals surface area contributed by atoms with Crippen LogP contribution in [0.5, 0.6) is 0 Å². The van der Waals surface area contributed by atoms with Crippen molar-refractivity contribution in [3.05, 3.63) is 22.7 Å². The number of hydrogen-bond acceptors (Lipinski definition) is 3. The molecule has 1 aliphatic rings. The fourth-order valence-corrected chi connectivity index (χ4v) is 3.12. The van der Waals surface area contributed by atoms with E-state index in [2.05, 4.69) is 10.0 Å². The summed E-state index contributed by atoms with van der Waals surface area (Å²) in [5, 5.41) is 3.49. The van der Waals surface area contributed by atoms with E-state index in [1.54, 1.807) is 13.0 Å². The minimum Gasteiger partial charge on any atom is -0.368 e. The highest BCUT2D eigenvalue weighted by atomic mass is 35.5. The molecule has 1 unspecified atom stereocenters. The monoisotopic (exact) mass is 246 g/mol. The van der Waals surface area contributed by atoms with Gasteiger partial charge in [0, 0.05) is 5.02 Å². The van der Waals surface area contributed by atoms with Gasteiger partial charge >= 0.3 is 0 Å². The summed E-state index contributed by atoms with van der Waals surface area (Å²) in [6, 6.07) is 3.21. The molecule has 0 aliphatic carbocycles. The highest BCUT2D eigenvalue weighted by molar-refractivity contribution is 7.89. The lowest BCUT2D eigenvalue weighted by molar-refractivity contribution is 0.565. The lowest BCUT2D eigenvalue weighted by Crippen LogP contribution is -2.42. The van der Waals surface area contributed by atoms with Crippen LogP contribution < -0.4 is 10.0 Å². The third-order valence-electron chi connectivity index (χ3n) is 2.25.